The number of carbonyl (C=O) groups excluding carboxylic acids is 2. The average Bonchev–Trinajstić information content (AvgIpc) is 2.74. The van der Waals surface area contributed by atoms with E-state index in [0.29, 0.717) is 5.56 Å². The zero-order chi connectivity index (χ0) is 24.4. The number of esters is 1. The van der Waals surface area contributed by atoms with E-state index in [0.717, 1.165) is 6.08 Å². The normalized spacial score (nSPS) is 25.7. The van der Waals surface area contributed by atoms with E-state index in [1.807, 2.05) is 0 Å². The first-order valence-electron chi connectivity index (χ1n) is 10.5. The second-order valence-electron chi connectivity index (χ2n) is 9.20. The Kier molecular flexibility index (Phi) is 6.51. The first-order valence-corrected chi connectivity index (χ1v) is 10.5. The molecule has 7 nitrogen and oxygen atoms in total. The molecule has 33 heavy (non-hydrogen) atoms. The number of alkyl halides is 1. The van der Waals surface area contributed by atoms with E-state index < -0.39 is 45.9 Å². The van der Waals surface area contributed by atoms with Gasteiger partial charge >= 0.3 is 5.97 Å². The van der Waals surface area contributed by atoms with E-state index in [1.54, 1.807) is 51.1 Å². The third-order valence-electron chi connectivity index (χ3n) is 5.56. The van der Waals surface area contributed by atoms with Gasteiger partial charge in [-0.2, -0.15) is 0 Å². The van der Waals surface area contributed by atoms with E-state index in [4.69, 9.17) is 4.74 Å². The lowest BCUT2D eigenvalue weighted by molar-refractivity contribution is -0.384. The number of nitro groups is 1. The molecule has 174 valence electrons. The predicted octanol–water partition coefficient (Wildman–Crippen LogP) is 4.54. The molecule has 1 aliphatic carbocycles. The summed E-state index contributed by atoms with van der Waals surface area (Å²) < 4.78 is 22.3. The van der Waals surface area contributed by atoms with Crippen LogP contribution in [0, 0.1) is 10.1 Å². The largest absolute Gasteiger partial charge is 0.457 e. The van der Waals surface area contributed by atoms with Gasteiger partial charge in [-0.15, -0.1) is 0 Å². The van der Waals surface area contributed by atoms with Crippen molar-refractivity contribution in [3.8, 4) is 0 Å². The van der Waals surface area contributed by atoms with Crippen molar-refractivity contribution in [1.82, 2.24) is 0 Å². The van der Waals surface area contributed by atoms with E-state index in [-0.39, 0.29) is 17.7 Å². The summed E-state index contributed by atoms with van der Waals surface area (Å²) in [6, 6.07) is 13.7. The molecule has 3 atom stereocenters. The molecule has 0 radical (unpaired) electrons. The summed E-state index contributed by atoms with van der Waals surface area (Å²) in [5.41, 5.74) is -5.97. The number of aliphatic hydroxyl groups is 1. The summed E-state index contributed by atoms with van der Waals surface area (Å²) in [5.74, 6) is -3.15. The highest BCUT2D eigenvalue weighted by atomic mass is 19.1. The molecule has 0 heterocycles. The zero-order valence-electron chi connectivity index (χ0n) is 18.7. The number of halogens is 1. The van der Waals surface area contributed by atoms with Gasteiger partial charge in [0.2, 0.25) is 5.67 Å². The van der Waals surface area contributed by atoms with Crippen molar-refractivity contribution in [3.05, 3.63) is 81.9 Å². The molecule has 3 rings (SSSR count). The maximum atomic E-state index is 17.0. The molecule has 0 spiro atoms. The van der Waals surface area contributed by atoms with Gasteiger partial charge in [-0.3, -0.25) is 14.9 Å². The van der Waals surface area contributed by atoms with Crippen molar-refractivity contribution in [3.63, 3.8) is 0 Å². The van der Waals surface area contributed by atoms with E-state index in [1.165, 1.54) is 30.3 Å². The summed E-state index contributed by atoms with van der Waals surface area (Å²) in [6.07, 6.45) is 1.59. The molecule has 0 aromatic heterocycles. The molecule has 0 bridgehead atoms. The lowest BCUT2D eigenvalue weighted by atomic mass is 9.63. The molecular formula is C25H26FNO6. The van der Waals surface area contributed by atoms with Gasteiger partial charge in [0.15, 0.2) is 0 Å². The Hall–Kier alpha value is -3.39. The number of hydrogen-bond donors (Lipinski definition) is 1. The number of hydrogen-bond acceptors (Lipinski definition) is 6. The minimum Gasteiger partial charge on any atom is -0.457 e. The van der Waals surface area contributed by atoms with Gasteiger partial charge in [-0.05, 0) is 38.0 Å². The summed E-state index contributed by atoms with van der Waals surface area (Å²) in [6.45, 7) is 4.71. The van der Waals surface area contributed by atoms with Crippen LogP contribution >= 0.6 is 0 Å². The molecule has 2 aromatic carbocycles. The third kappa shape index (κ3) is 5.01. The maximum Gasteiger partial charge on any atom is 0.348 e. The fourth-order valence-corrected chi connectivity index (χ4v) is 4.00. The van der Waals surface area contributed by atoms with E-state index >= 15 is 4.39 Å². The van der Waals surface area contributed by atoms with Crippen LogP contribution in [0.1, 0.15) is 50.7 Å². The minimum absolute atomic E-state index is 0.175. The third-order valence-corrected chi connectivity index (χ3v) is 5.56. The van der Waals surface area contributed by atoms with Gasteiger partial charge in [-0.25, -0.2) is 9.18 Å². The van der Waals surface area contributed by atoms with E-state index in [9.17, 15) is 24.8 Å². The van der Waals surface area contributed by atoms with Crippen molar-refractivity contribution in [1.29, 1.82) is 0 Å². The number of carbonyl (C=O) groups is 2. The SMILES string of the molecule is CC(C)(C)OC(=O)[C@@]1(F)[C@H](c2ccc([N+](=O)[O-])cc2)CC(=O)C[C@]1(O)/C=C/c1ccccc1. The van der Waals surface area contributed by atoms with Crippen molar-refractivity contribution in [2.24, 2.45) is 0 Å². The van der Waals surface area contributed by atoms with Crippen molar-refractivity contribution >= 4 is 23.5 Å². The molecule has 0 amide bonds. The van der Waals surface area contributed by atoms with Crippen molar-refractivity contribution in [2.45, 2.75) is 56.4 Å². The summed E-state index contributed by atoms with van der Waals surface area (Å²) in [7, 11) is 0. The Morgan fingerprint density at radius 3 is 2.33 bits per heavy atom. The number of non-ortho nitro benzene ring substituents is 1. The number of rotatable bonds is 5. The van der Waals surface area contributed by atoms with Crippen LogP contribution in [-0.2, 0) is 14.3 Å². The second-order valence-corrected chi connectivity index (χ2v) is 9.20. The number of benzene rings is 2. The number of Topliss-reactive ketones (excluding diaryl/α,β-unsaturated/α-hetero) is 1. The number of ketones is 1. The fraction of sp³-hybridized carbons (Fsp3) is 0.360. The first kappa shape index (κ1) is 24.3. The van der Waals surface area contributed by atoms with Crippen LogP contribution < -0.4 is 0 Å². The fourth-order valence-electron chi connectivity index (χ4n) is 4.00. The molecule has 0 unspecified atom stereocenters. The molecule has 2 aromatic rings. The maximum absolute atomic E-state index is 17.0. The topological polar surface area (TPSA) is 107 Å². The molecule has 8 heteroatoms. The summed E-state index contributed by atoms with van der Waals surface area (Å²) in [5, 5.41) is 22.5. The van der Waals surface area contributed by atoms with Crippen molar-refractivity contribution < 1.29 is 28.7 Å². The van der Waals surface area contributed by atoms with Gasteiger partial charge < -0.3 is 9.84 Å². The van der Waals surface area contributed by atoms with Crippen LogP contribution in [0.4, 0.5) is 10.1 Å². The Balaban J connectivity index is 2.14. The Labute approximate surface area is 191 Å². The van der Waals surface area contributed by atoms with Crippen molar-refractivity contribution in [2.75, 3.05) is 0 Å². The van der Waals surface area contributed by atoms with E-state index in [2.05, 4.69) is 0 Å². The first-order chi connectivity index (χ1) is 15.4. The standard InChI is InChI=1S/C25H26FNO6/c1-23(2,3)33-22(29)25(26)21(18-9-11-19(12-10-18)27(31)32)15-20(28)16-24(25,30)14-13-17-7-5-4-6-8-17/h4-14,21,30H,15-16H2,1-3H3/b14-13+/t21-,24+,25-/m0/s1. The van der Waals surface area contributed by atoms with Crippen LogP contribution in [-0.4, -0.2) is 38.7 Å². The molecule has 1 N–H and O–H groups in total. The highest BCUT2D eigenvalue weighted by Crippen LogP contribution is 2.50. The monoisotopic (exact) mass is 455 g/mol. The predicted molar refractivity (Wildman–Crippen MR) is 120 cm³/mol. The van der Waals surface area contributed by atoms with Crippen LogP contribution in [0.15, 0.2) is 60.7 Å². The zero-order valence-corrected chi connectivity index (χ0v) is 18.7. The Bertz CT molecular complexity index is 1080. The highest BCUT2D eigenvalue weighted by molar-refractivity contribution is 5.92. The van der Waals surface area contributed by atoms with Gasteiger partial charge in [-0.1, -0.05) is 48.5 Å². The molecule has 1 fully saturated rings. The average molecular weight is 455 g/mol. The number of nitro benzene ring substituents is 1. The molecule has 1 saturated carbocycles. The smallest absolute Gasteiger partial charge is 0.348 e. The van der Waals surface area contributed by atoms with Gasteiger partial charge in [0.1, 0.15) is 17.0 Å². The molecule has 0 aliphatic heterocycles. The highest BCUT2D eigenvalue weighted by Gasteiger charge is 2.66. The molecule has 0 saturated heterocycles. The minimum atomic E-state index is -3.02. The molecule has 1 aliphatic rings. The van der Waals surface area contributed by atoms with Gasteiger partial charge in [0, 0.05) is 30.9 Å². The summed E-state index contributed by atoms with van der Waals surface area (Å²) in [4.78, 5) is 36.2. The Morgan fingerprint density at radius 2 is 1.79 bits per heavy atom. The van der Waals surface area contributed by atoms with Crippen LogP contribution in [0.25, 0.3) is 6.08 Å². The second kappa shape index (κ2) is 8.86. The van der Waals surface area contributed by atoms with Crippen LogP contribution in [0.3, 0.4) is 0 Å². The number of ether oxygens (including phenoxy) is 1. The van der Waals surface area contributed by atoms with Crippen LogP contribution in [0.5, 0.6) is 0 Å². The summed E-state index contributed by atoms with van der Waals surface area (Å²) >= 11 is 0. The quantitative estimate of drug-likeness (QED) is 0.403. The van der Waals surface area contributed by atoms with Gasteiger partial charge in [0.25, 0.3) is 5.69 Å². The van der Waals surface area contributed by atoms with Crippen LogP contribution in [0.2, 0.25) is 0 Å². The number of nitrogens with zero attached hydrogens (tertiary/aromatic N) is 1. The van der Waals surface area contributed by atoms with Gasteiger partial charge in [0.05, 0.1) is 4.92 Å². The lowest BCUT2D eigenvalue weighted by Gasteiger charge is -2.46. The lowest BCUT2D eigenvalue weighted by Crippen LogP contribution is -2.63. The molecular weight excluding hydrogens is 429 g/mol. The Morgan fingerprint density at radius 1 is 1.18 bits per heavy atom.